The highest BCUT2D eigenvalue weighted by Crippen LogP contribution is 2.43. The lowest BCUT2D eigenvalue weighted by molar-refractivity contribution is -0.150. The van der Waals surface area contributed by atoms with E-state index in [9.17, 15) is 26.7 Å². The van der Waals surface area contributed by atoms with Gasteiger partial charge in [-0.1, -0.05) is 6.92 Å². The summed E-state index contributed by atoms with van der Waals surface area (Å²) in [5.41, 5.74) is -0.284. The number of carbonyl (C=O) groups is 1. The topological polar surface area (TPSA) is 45.2 Å². The number of alkyl halides is 5. The van der Waals surface area contributed by atoms with E-state index in [1.165, 1.54) is 12.3 Å². The Morgan fingerprint density at radius 1 is 1.20 bits per heavy atom. The zero-order chi connectivity index (χ0) is 21.7. The van der Waals surface area contributed by atoms with E-state index in [1.807, 2.05) is 11.8 Å². The highest BCUT2D eigenvalue weighted by Gasteiger charge is 2.49. The molecule has 4 nitrogen and oxygen atoms in total. The summed E-state index contributed by atoms with van der Waals surface area (Å²) in [6, 6.07) is 5.42. The molecule has 1 aromatic heterocycles. The lowest BCUT2D eigenvalue weighted by Gasteiger charge is -2.40. The Balaban J connectivity index is 1.57. The fraction of sp³-hybridized carbons (Fsp3) is 0.524. The minimum Gasteiger partial charge on any atom is -0.369 e. The molecule has 0 bridgehead atoms. The summed E-state index contributed by atoms with van der Waals surface area (Å²) in [6.07, 6.45) is -3.36. The van der Waals surface area contributed by atoms with E-state index in [2.05, 4.69) is 10.3 Å². The molecule has 1 saturated heterocycles. The molecule has 1 saturated carbocycles. The van der Waals surface area contributed by atoms with Gasteiger partial charge >= 0.3 is 6.18 Å². The molecule has 2 aliphatic rings. The fourth-order valence-corrected chi connectivity index (χ4v) is 4.48. The van der Waals surface area contributed by atoms with E-state index in [0.717, 1.165) is 6.07 Å². The SMILES string of the molecule is CC1CC(NC(=O)C2CC(F)(F)C2)CN(c2ccc(C(F)(F)F)c3ncccc23)C1. The van der Waals surface area contributed by atoms with E-state index < -0.39 is 36.4 Å². The predicted octanol–water partition coefficient (Wildman–Crippen LogP) is 4.63. The van der Waals surface area contributed by atoms with Crippen LogP contribution in [0.3, 0.4) is 0 Å². The van der Waals surface area contributed by atoms with Crippen molar-refractivity contribution in [2.24, 2.45) is 11.8 Å². The fourth-order valence-electron chi connectivity index (χ4n) is 4.48. The molecular formula is C21H22F5N3O. The minimum atomic E-state index is -4.51. The van der Waals surface area contributed by atoms with Crippen molar-refractivity contribution in [3.05, 3.63) is 36.0 Å². The maximum atomic E-state index is 13.4. The van der Waals surface area contributed by atoms with Gasteiger partial charge in [0.25, 0.3) is 0 Å². The standard InChI is InChI=1S/C21H22F5N3O/c1-12-7-14(28-19(30)13-8-20(22,23)9-13)11-29(10-12)17-5-4-16(21(24,25)26)18-15(17)3-2-6-27-18/h2-6,12-14H,7-11H2,1H3,(H,28,30). The Bertz CT molecular complexity index is 953. The number of nitrogens with zero attached hydrogens (tertiary/aromatic N) is 2. The lowest BCUT2D eigenvalue weighted by atomic mass is 9.80. The monoisotopic (exact) mass is 427 g/mol. The predicted molar refractivity (Wildman–Crippen MR) is 102 cm³/mol. The molecule has 4 rings (SSSR count). The molecule has 2 heterocycles. The first-order valence-electron chi connectivity index (χ1n) is 9.91. The number of nitrogens with one attached hydrogen (secondary N) is 1. The summed E-state index contributed by atoms with van der Waals surface area (Å²) in [5.74, 6) is -3.65. The molecule has 2 atom stereocenters. The molecule has 1 amide bonds. The van der Waals surface area contributed by atoms with Gasteiger partial charge in [0.1, 0.15) is 0 Å². The first-order valence-corrected chi connectivity index (χ1v) is 9.91. The Morgan fingerprint density at radius 3 is 2.60 bits per heavy atom. The Labute approximate surface area is 170 Å². The van der Waals surface area contributed by atoms with Gasteiger partial charge in [-0.25, -0.2) is 8.78 Å². The van der Waals surface area contributed by atoms with E-state index in [-0.39, 0.29) is 23.4 Å². The summed E-state index contributed by atoms with van der Waals surface area (Å²) in [5, 5.41) is 3.26. The Hall–Kier alpha value is -2.45. The summed E-state index contributed by atoms with van der Waals surface area (Å²) >= 11 is 0. The lowest BCUT2D eigenvalue weighted by Crippen LogP contribution is -2.54. The number of piperidine rings is 1. The van der Waals surface area contributed by atoms with E-state index in [1.54, 1.807) is 12.1 Å². The van der Waals surface area contributed by atoms with Crippen LogP contribution in [0.2, 0.25) is 0 Å². The van der Waals surface area contributed by atoms with Crippen molar-refractivity contribution in [2.45, 2.75) is 44.3 Å². The minimum absolute atomic E-state index is 0.113. The van der Waals surface area contributed by atoms with Crippen LogP contribution < -0.4 is 10.2 Å². The average molecular weight is 427 g/mol. The molecule has 2 aromatic rings. The molecule has 30 heavy (non-hydrogen) atoms. The van der Waals surface area contributed by atoms with Crippen LogP contribution in [-0.4, -0.2) is 35.9 Å². The van der Waals surface area contributed by atoms with Crippen molar-refractivity contribution >= 4 is 22.5 Å². The number of halogens is 5. The van der Waals surface area contributed by atoms with Crippen LogP contribution in [0.15, 0.2) is 30.5 Å². The highest BCUT2D eigenvalue weighted by atomic mass is 19.4. The second-order valence-corrected chi connectivity index (χ2v) is 8.44. The first kappa shape index (κ1) is 20.8. The normalized spacial score (nSPS) is 24.5. The van der Waals surface area contributed by atoms with Crippen molar-refractivity contribution in [2.75, 3.05) is 18.0 Å². The summed E-state index contributed by atoms with van der Waals surface area (Å²) in [6.45, 7) is 3.01. The number of anilines is 1. The maximum absolute atomic E-state index is 13.4. The molecule has 1 N–H and O–H groups in total. The second kappa shape index (κ2) is 7.35. The van der Waals surface area contributed by atoms with Crippen molar-refractivity contribution in [1.29, 1.82) is 0 Å². The van der Waals surface area contributed by atoms with Crippen LogP contribution in [0, 0.1) is 11.8 Å². The van der Waals surface area contributed by atoms with Gasteiger partial charge in [0.2, 0.25) is 11.8 Å². The molecule has 2 fully saturated rings. The van der Waals surface area contributed by atoms with Crippen LogP contribution >= 0.6 is 0 Å². The van der Waals surface area contributed by atoms with Crippen molar-refractivity contribution in [3.63, 3.8) is 0 Å². The van der Waals surface area contributed by atoms with Gasteiger partial charge in [0.05, 0.1) is 11.1 Å². The van der Waals surface area contributed by atoms with Crippen LogP contribution in [0.25, 0.3) is 10.9 Å². The summed E-state index contributed by atoms with van der Waals surface area (Å²) < 4.78 is 66.2. The molecule has 1 aliphatic heterocycles. The average Bonchev–Trinajstić information content (AvgIpc) is 2.63. The molecule has 1 aromatic carbocycles. The van der Waals surface area contributed by atoms with Crippen LogP contribution in [0.5, 0.6) is 0 Å². The zero-order valence-corrected chi connectivity index (χ0v) is 16.3. The number of pyridine rings is 1. The van der Waals surface area contributed by atoms with Crippen LogP contribution in [0.4, 0.5) is 27.6 Å². The number of carbonyl (C=O) groups excluding carboxylic acids is 1. The van der Waals surface area contributed by atoms with Gasteiger partial charge in [0, 0.05) is 55.2 Å². The van der Waals surface area contributed by atoms with Crippen molar-refractivity contribution < 1.29 is 26.7 Å². The van der Waals surface area contributed by atoms with Gasteiger partial charge in [-0.3, -0.25) is 9.78 Å². The molecule has 0 spiro atoms. The first-order chi connectivity index (χ1) is 14.0. The maximum Gasteiger partial charge on any atom is 0.418 e. The number of benzene rings is 1. The Kier molecular flexibility index (Phi) is 5.10. The molecular weight excluding hydrogens is 405 g/mol. The zero-order valence-electron chi connectivity index (χ0n) is 16.3. The number of amides is 1. The molecule has 0 radical (unpaired) electrons. The number of hydrogen-bond donors (Lipinski definition) is 1. The van der Waals surface area contributed by atoms with E-state index in [4.69, 9.17) is 0 Å². The van der Waals surface area contributed by atoms with E-state index >= 15 is 0 Å². The van der Waals surface area contributed by atoms with Gasteiger partial charge in [0.15, 0.2) is 0 Å². The third kappa shape index (κ3) is 4.06. The second-order valence-electron chi connectivity index (χ2n) is 8.44. The molecule has 1 aliphatic carbocycles. The quantitative estimate of drug-likeness (QED) is 0.727. The van der Waals surface area contributed by atoms with Crippen molar-refractivity contribution in [1.82, 2.24) is 10.3 Å². The van der Waals surface area contributed by atoms with Crippen LogP contribution in [-0.2, 0) is 11.0 Å². The van der Waals surface area contributed by atoms with Gasteiger partial charge in [-0.15, -0.1) is 0 Å². The smallest absolute Gasteiger partial charge is 0.369 e. The molecule has 2 unspecified atom stereocenters. The number of hydrogen-bond acceptors (Lipinski definition) is 3. The Morgan fingerprint density at radius 2 is 1.93 bits per heavy atom. The molecule has 162 valence electrons. The number of fused-ring (bicyclic) bond motifs is 1. The molecule has 9 heteroatoms. The number of aromatic nitrogens is 1. The van der Waals surface area contributed by atoms with Gasteiger partial charge in [-0.2, -0.15) is 13.2 Å². The summed E-state index contributed by atoms with van der Waals surface area (Å²) in [7, 11) is 0. The number of rotatable bonds is 3. The third-order valence-corrected chi connectivity index (χ3v) is 5.86. The van der Waals surface area contributed by atoms with Gasteiger partial charge < -0.3 is 10.2 Å². The third-order valence-electron chi connectivity index (χ3n) is 5.86. The van der Waals surface area contributed by atoms with Crippen molar-refractivity contribution in [3.8, 4) is 0 Å². The van der Waals surface area contributed by atoms with Gasteiger partial charge in [-0.05, 0) is 36.6 Å². The van der Waals surface area contributed by atoms with Crippen LogP contribution in [0.1, 0.15) is 31.7 Å². The largest absolute Gasteiger partial charge is 0.418 e. The van der Waals surface area contributed by atoms with E-state index in [0.29, 0.717) is 30.6 Å². The highest BCUT2D eigenvalue weighted by molar-refractivity contribution is 5.94. The summed E-state index contributed by atoms with van der Waals surface area (Å²) in [4.78, 5) is 18.2.